The Morgan fingerprint density at radius 2 is 2.14 bits per heavy atom. The molecule has 14 heavy (non-hydrogen) atoms. The van der Waals surface area contributed by atoms with Gasteiger partial charge in [0.1, 0.15) is 6.04 Å². The van der Waals surface area contributed by atoms with Gasteiger partial charge in [-0.05, 0) is 25.7 Å². The first-order valence-electron chi connectivity index (χ1n) is 5.57. The van der Waals surface area contributed by atoms with Gasteiger partial charge in [-0.15, -0.1) is 0 Å². The molecule has 0 saturated heterocycles. The fourth-order valence-corrected chi connectivity index (χ4v) is 1.76. The van der Waals surface area contributed by atoms with Crippen LogP contribution in [0.1, 0.15) is 40.0 Å². The molecule has 0 heterocycles. The van der Waals surface area contributed by atoms with Crippen molar-refractivity contribution < 1.29 is 9.53 Å². The maximum atomic E-state index is 11.6. The second-order valence-electron chi connectivity index (χ2n) is 4.24. The van der Waals surface area contributed by atoms with Crippen LogP contribution in [0.4, 0.5) is 0 Å². The largest absolute Gasteiger partial charge is 0.465 e. The molecule has 0 amide bonds. The summed E-state index contributed by atoms with van der Waals surface area (Å²) in [6, 6.07) is 0.258. The smallest absolute Gasteiger partial charge is 0.323 e. The van der Waals surface area contributed by atoms with E-state index in [0.29, 0.717) is 18.6 Å². The Kier molecular flexibility index (Phi) is 4.39. The van der Waals surface area contributed by atoms with E-state index < -0.39 is 0 Å². The standard InChI is InChI=1S/C11H21NO2/c1-4-14-11(13)10(12-8(2)3)9-6-5-7-9/h8-10,12H,4-7H2,1-3H3. The van der Waals surface area contributed by atoms with Crippen molar-refractivity contribution in [2.45, 2.75) is 52.1 Å². The molecule has 3 heteroatoms. The van der Waals surface area contributed by atoms with E-state index in [4.69, 9.17) is 4.74 Å². The maximum absolute atomic E-state index is 11.6. The minimum absolute atomic E-state index is 0.0779. The molecule has 0 aromatic carbocycles. The minimum Gasteiger partial charge on any atom is -0.465 e. The Morgan fingerprint density at radius 3 is 2.50 bits per heavy atom. The number of ether oxygens (including phenoxy) is 1. The van der Waals surface area contributed by atoms with E-state index in [-0.39, 0.29) is 12.0 Å². The first-order chi connectivity index (χ1) is 6.65. The van der Waals surface area contributed by atoms with Gasteiger partial charge in [-0.25, -0.2) is 0 Å². The van der Waals surface area contributed by atoms with Crippen molar-refractivity contribution in [3.8, 4) is 0 Å². The van der Waals surface area contributed by atoms with E-state index >= 15 is 0 Å². The van der Waals surface area contributed by atoms with Crippen molar-refractivity contribution in [1.29, 1.82) is 0 Å². The van der Waals surface area contributed by atoms with E-state index in [1.54, 1.807) is 0 Å². The number of hydrogen-bond donors (Lipinski definition) is 1. The summed E-state index contributed by atoms with van der Waals surface area (Å²) in [5.74, 6) is 0.419. The molecule has 3 nitrogen and oxygen atoms in total. The average molecular weight is 199 g/mol. The number of rotatable bonds is 5. The highest BCUT2D eigenvalue weighted by Crippen LogP contribution is 2.30. The molecule has 1 aliphatic rings. The topological polar surface area (TPSA) is 38.3 Å². The number of esters is 1. The summed E-state index contributed by atoms with van der Waals surface area (Å²) in [5, 5.41) is 3.29. The summed E-state index contributed by atoms with van der Waals surface area (Å²) < 4.78 is 5.06. The predicted octanol–water partition coefficient (Wildman–Crippen LogP) is 1.72. The van der Waals surface area contributed by atoms with Crippen LogP contribution in [0.25, 0.3) is 0 Å². The van der Waals surface area contributed by atoms with Crippen LogP contribution in [0.15, 0.2) is 0 Å². The predicted molar refractivity (Wildman–Crippen MR) is 56.0 cm³/mol. The second kappa shape index (κ2) is 5.35. The zero-order valence-electron chi connectivity index (χ0n) is 9.38. The van der Waals surface area contributed by atoms with E-state index in [1.807, 2.05) is 6.92 Å². The van der Waals surface area contributed by atoms with Crippen LogP contribution in [0.3, 0.4) is 0 Å². The lowest BCUT2D eigenvalue weighted by Crippen LogP contribution is -2.49. The fourth-order valence-electron chi connectivity index (χ4n) is 1.76. The molecule has 0 aliphatic heterocycles. The zero-order chi connectivity index (χ0) is 10.6. The quantitative estimate of drug-likeness (QED) is 0.685. The summed E-state index contributed by atoms with van der Waals surface area (Å²) in [5.41, 5.74) is 0. The summed E-state index contributed by atoms with van der Waals surface area (Å²) in [7, 11) is 0. The first-order valence-corrected chi connectivity index (χ1v) is 5.57. The molecule has 0 bridgehead atoms. The Balaban J connectivity index is 2.46. The van der Waals surface area contributed by atoms with Gasteiger partial charge in [0.15, 0.2) is 0 Å². The lowest BCUT2D eigenvalue weighted by atomic mass is 9.79. The lowest BCUT2D eigenvalue weighted by molar-refractivity contribution is -0.148. The van der Waals surface area contributed by atoms with Crippen molar-refractivity contribution >= 4 is 5.97 Å². The lowest BCUT2D eigenvalue weighted by Gasteiger charge is -2.33. The number of carbonyl (C=O) groups is 1. The van der Waals surface area contributed by atoms with Gasteiger partial charge in [0.25, 0.3) is 0 Å². The van der Waals surface area contributed by atoms with Crippen molar-refractivity contribution in [1.82, 2.24) is 5.32 Å². The number of nitrogens with one attached hydrogen (secondary N) is 1. The Labute approximate surface area is 86.2 Å². The van der Waals surface area contributed by atoms with Gasteiger partial charge in [-0.1, -0.05) is 20.3 Å². The first kappa shape index (κ1) is 11.5. The Morgan fingerprint density at radius 1 is 1.50 bits per heavy atom. The SMILES string of the molecule is CCOC(=O)C(NC(C)C)C1CCC1. The van der Waals surface area contributed by atoms with Gasteiger partial charge < -0.3 is 10.1 Å². The molecule has 82 valence electrons. The van der Waals surface area contributed by atoms with Crippen molar-refractivity contribution in [2.24, 2.45) is 5.92 Å². The van der Waals surface area contributed by atoms with Crippen molar-refractivity contribution in [3.05, 3.63) is 0 Å². The molecule has 1 unspecified atom stereocenters. The van der Waals surface area contributed by atoms with Crippen LogP contribution in [0.2, 0.25) is 0 Å². The van der Waals surface area contributed by atoms with Gasteiger partial charge in [0.05, 0.1) is 6.61 Å². The Hall–Kier alpha value is -0.570. The molecule has 0 radical (unpaired) electrons. The van der Waals surface area contributed by atoms with E-state index in [0.717, 1.165) is 12.8 Å². The van der Waals surface area contributed by atoms with Gasteiger partial charge in [0.2, 0.25) is 0 Å². The summed E-state index contributed by atoms with van der Waals surface area (Å²) in [6.07, 6.45) is 3.56. The highest BCUT2D eigenvalue weighted by atomic mass is 16.5. The van der Waals surface area contributed by atoms with Crippen LogP contribution < -0.4 is 5.32 Å². The fraction of sp³-hybridized carbons (Fsp3) is 0.909. The van der Waals surface area contributed by atoms with Gasteiger partial charge in [-0.3, -0.25) is 4.79 Å². The van der Waals surface area contributed by atoms with Crippen LogP contribution in [-0.4, -0.2) is 24.7 Å². The number of hydrogen-bond acceptors (Lipinski definition) is 3. The van der Waals surface area contributed by atoms with Gasteiger partial charge in [-0.2, -0.15) is 0 Å². The highest BCUT2D eigenvalue weighted by Gasteiger charge is 2.33. The molecule has 0 spiro atoms. The monoisotopic (exact) mass is 199 g/mol. The second-order valence-corrected chi connectivity index (χ2v) is 4.24. The van der Waals surface area contributed by atoms with Crippen molar-refractivity contribution in [2.75, 3.05) is 6.61 Å². The normalized spacial score (nSPS) is 19.1. The third kappa shape index (κ3) is 2.98. The molecule has 1 saturated carbocycles. The summed E-state index contributed by atoms with van der Waals surface area (Å²) in [4.78, 5) is 11.6. The average Bonchev–Trinajstić information content (AvgIpc) is 1.99. The molecule has 0 aromatic heterocycles. The van der Waals surface area contributed by atoms with Gasteiger partial charge >= 0.3 is 5.97 Å². The molecule has 1 aliphatic carbocycles. The molecule has 0 aromatic rings. The minimum atomic E-state index is -0.0799. The molecule has 1 rings (SSSR count). The third-order valence-electron chi connectivity index (χ3n) is 2.67. The molecule has 1 fully saturated rings. The summed E-state index contributed by atoms with van der Waals surface area (Å²) >= 11 is 0. The zero-order valence-corrected chi connectivity index (χ0v) is 9.38. The van der Waals surface area contributed by atoms with Gasteiger partial charge in [0, 0.05) is 6.04 Å². The van der Waals surface area contributed by atoms with Crippen LogP contribution in [-0.2, 0) is 9.53 Å². The highest BCUT2D eigenvalue weighted by molar-refractivity contribution is 5.76. The summed E-state index contributed by atoms with van der Waals surface area (Å²) in [6.45, 7) is 6.45. The molecular weight excluding hydrogens is 178 g/mol. The van der Waals surface area contributed by atoms with E-state index in [9.17, 15) is 4.79 Å². The van der Waals surface area contributed by atoms with Crippen molar-refractivity contribution in [3.63, 3.8) is 0 Å². The van der Waals surface area contributed by atoms with Crippen LogP contribution >= 0.6 is 0 Å². The molecular formula is C11H21NO2. The molecule has 1 atom stereocenters. The maximum Gasteiger partial charge on any atom is 0.323 e. The molecule has 1 N–H and O–H groups in total. The van der Waals surface area contributed by atoms with Crippen LogP contribution in [0, 0.1) is 5.92 Å². The van der Waals surface area contributed by atoms with E-state index in [1.165, 1.54) is 6.42 Å². The van der Waals surface area contributed by atoms with E-state index in [2.05, 4.69) is 19.2 Å². The Bertz CT molecular complexity index is 188. The third-order valence-corrected chi connectivity index (χ3v) is 2.67. The number of carbonyl (C=O) groups excluding carboxylic acids is 1. The van der Waals surface area contributed by atoms with Crippen LogP contribution in [0.5, 0.6) is 0 Å².